The molecule has 2 amide bonds. The summed E-state index contributed by atoms with van der Waals surface area (Å²) >= 11 is 0. The summed E-state index contributed by atoms with van der Waals surface area (Å²) in [6.07, 6.45) is 2.55. The van der Waals surface area contributed by atoms with Crippen molar-refractivity contribution in [1.29, 1.82) is 0 Å². The Morgan fingerprint density at radius 1 is 1.08 bits per heavy atom. The molecule has 1 aromatic carbocycles. The van der Waals surface area contributed by atoms with Gasteiger partial charge in [0.25, 0.3) is 0 Å². The van der Waals surface area contributed by atoms with Crippen LogP contribution in [0.3, 0.4) is 0 Å². The van der Waals surface area contributed by atoms with Crippen molar-refractivity contribution in [1.82, 2.24) is 9.80 Å². The van der Waals surface area contributed by atoms with Crippen LogP contribution < -0.4 is 0 Å². The minimum absolute atomic E-state index is 0.178. The minimum atomic E-state index is 0.178. The molecule has 2 aliphatic rings. The second-order valence-corrected chi connectivity index (χ2v) is 7.50. The van der Waals surface area contributed by atoms with E-state index in [0.29, 0.717) is 44.4 Å². The molecule has 1 saturated heterocycles. The molecule has 4 heteroatoms. The van der Waals surface area contributed by atoms with E-state index in [1.54, 1.807) is 0 Å². The number of aryl methyl sites for hydroxylation is 1. The normalized spacial score (nSPS) is 18.2. The maximum absolute atomic E-state index is 12.6. The lowest BCUT2D eigenvalue weighted by Gasteiger charge is -2.35. The van der Waals surface area contributed by atoms with Gasteiger partial charge in [-0.3, -0.25) is 9.59 Å². The molecule has 1 heterocycles. The zero-order valence-electron chi connectivity index (χ0n) is 15.0. The molecule has 4 nitrogen and oxygen atoms in total. The molecule has 3 rings (SSSR count). The lowest BCUT2D eigenvalue weighted by Crippen LogP contribution is -2.51. The third-order valence-corrected chi connectivity index (χ3v) is 5.25. The molecule has 1 aromatic rings. The molecule has 24 heavy (non-hydrogen) atoms. The topological polar surface area (TPSA) is 40.6 Å². The fourth-order valence-electron chi connectivity index (χ4n) is 3.28. The van der Waals surface area contributed by atoms with Crippen LogP contribution in [0.2, 0.25) is 0 Å². The van der Waals surface area contributed by atoms with Crippen LogP contribution in [0.25, 0.3) is 0 Å². The maximum Gasteiger partial charge on any atom is 0.227 e. The van der Waals surface area contributed by atoms with E-state index in [1.807, 2.05) is 9.80 Å². The number of hydrogen-bond donors (Lipinski definition) is 0. The van der Waals surface area contributed by atoms with Crippen LogP contribution in [-0.4, -0.2) is 47.8 Å². The average molecular weight is 328 g/mol. The standard InChI is InChI=1S/C20H28N2O2/c1-14(2)17-5-4-15(3)18(12-17)13-19(23)21-8-10-22(11-9-21)20(24)16-6-7-16/h4-5,12,14,16H,6-11,13H2,1-3H3. The van der Waals surface area contributed by atoms with Crippen LogP contribution in [0.1, 0.15) is 49.3 Å². The molecule has 1 aliphatic carbocycles. The van der Waals surface area contributed by atoms with Gasteiger partial charge in [0.15, 0.2) is 0 Å². The Labute approximate surface area is 144 Å². The van der Waals surface area contributed by atoms with Gasteiger partial charge >= 0.3 is 0 Å². The number of carbonyl (C=O) groups is 2. The van der Waals surface area contributed by atoms with Gasteiger partial charge in [-0.2, -0.15) is 0 Å². The molecular formula is C20H28N2O2. The summed E-state index contributed by atoms with van der Waals surface area (Å²) in [6.45, 7) is 9.12. The van der Waals surface area contributed by atoms with Crippen LogP contribution in [0, 0.1) is 12.8 Å². The van der Waals surface area contributed by atoms with Gasteiger partial charge < -0.3 is 9.80 Å². The fraction of sp³-hybridized carbons (Fsp3) is 0.600. The minimum Gasteiger partial charge on any atom is -0.339 e. The fourth-order valence-corrected chi connectivity index (χ4v) is 3.28. The number of benzene rings is 1. The van der Waals surface area contributed by atoms with Crippen molar-refractivity contribution in [2.45, 2.75) is 46.0 Å². The number of carbonyl (C=O) groups excluding carboxylic acids is 2. The Hall–Kier alpha value is -1.84. The molecule has 0 spiro atoms. The van der Waals surface area contributed by atoms with Crippen molar-refractivity contribution in [3.05, 3.63) is 34.9 Å². The Morgan fingerprint density at radius 3 is 2.29 bits per heavy atom. The second kappa shape index (κ2) is 6.96. The summed E-state index contributed by atoms with van der Waals surface area (Å²) in [5, 5.41) is 0. The quantitative estimate of drug-likeness (QED) is 0.853. The van der Waals surface area contributed by atoms with Gasteiger partial charge in [-0.25, -0.2) is 0 Å². The number of piperazine rings is 1. The third kappa shape index (κ3) is 3.80. The molecular weight excluding hydrogens is 300 g/mol. The molecule has 0 N–H and O–H groups in total. The molecule has 1 saturated carbocycles. The lowest BCUT2D eigenvalue weighted by molar-refractivity contribution is -0.140. The first-order valence-electron chi connectivity index (χ1n) is 9.11. The summed E-state index contributed by atoms with van der Waals surface area (Å²) in [7, 11) is 0. The van der Waals surface area contributed by atoms with E-state index < -0.39 is 0 Å². The molecule has 2 fully saturated rings. The number of amides is 2. The Balaban J connectivity index is 1.58. The predicted octanol–water partition coefficient (Wildman–Crippen LogP) is 2.74. The van der Waals surface area contributed by atoms with Crippen molar-refractivity contribution >= 4 is 11.8 Å². The van der Waals surface area contributed by atoms with Gasteiger partial charge in [0, 0.05) is 32.1 Å². The Bertz CT molecular complexity index is 627. The monoisotopic (exact) mass is 328 g/mol. The molecule has 130 valence electrons. The van der Waals surface area contributed by atoms with Crippen molar-refractivity contribution in [2.75, 3.05) is 26.2 Å². The molecule has 0 atom stereocenters. The highest BCUT2D eigenvalue weighted by molar-refractivity contribution is 5.82. The van der Waals surface area contributed by atoms with Crippen molar-refractivity contribution in [2.24, 2.45) is 5.92 Å². The lowest BCUT2D eigenvalue weighted by atomic mass is 9.96. The van der Waals surface area contributed by atoms with E-state index in [-0.39, 0.29) is 11.8 Å². The van der Waals surface area contributed by atoms with E-state index in [2.05, 4.69) is 39.0 Å². The van der Waals surface area contributed by atoms with Crippen LogP contribution in [0.5, 0.6) is 0 Å². The van der Waals surface area contributed by atoms with Crippen LogP contribution in [-0.2, 0) is 16.0 Å². The summed E-state index contributed by atoms with van der Waals surface area (Å²) < 4.78 is 0. The van der Waals surface area contributed by atoms with E-state index in [9.17, 15) is 9.59 Å². The smallest absolute Gasteiger partial charge is 0.227 e. The molecule has 0 bridgehead atoms. The van der Waals surface area contributed by atoms with Gasteiger partial charge in [-0.05, 0) is 42.4 Å². The summed E-state index contributed by atoms with van der Waals surface area (Å²) in [4.78, 5) is 28.6. The zero-order valence-corrected chi connectivity index (χ0v) is 15.0. The third-order valence-electron chi connectivity index (χ3n) is 5.25. The van der Waals surface area contributed by atoms with Gasteiger partial charge in [0.05, 0.1) is 6.42 Å². The molecule has 0 unspecified atom stereocenters. The predicted molar refractivity (Wildman–Crippen MR) is 94.9 cm³/mol. The Kier molecular flexibility index (Phi) is 4.93. The highest BCUT2D eigenvalue weighted by Gasteiger charge is 2.35. The van der Waals surface area contributed by atoms with Crippen molar-refractivity contribution in [3.63, 3.8) is 0 Å². The summed E-state index contributed by atoms with van der Waals surface area (Å²) in [6, 6.07) is 6.44. The zero-order chi connectivity index (χ0) is 17.3. The maximum atomic E-state index is 12.6. The molecule has 0 radical (unpaired) electrons. The van der Waals surface area contributed by atoms with E-state index in [1.165, 1.54) is 11.1 Å². The first-order chi connectivity index (χ1) is 11.5. The first-order valence-corrected chi connectivity index (χ1v) is 9.11. The Morgan fingerprint density at radius 2 is 1.71 bits per heavy atom. The van der Waals surface area contributed by atoms with E-state index in [0.717, 1.165) is 18.4 Å². The largest absolute Gasteiger partial charge is 0.339 e. The molecule has 1 aliphatic heterocycles. The summed E-state index contributed by atoms with van der Waals surface area (Å²) in [5.41, 5.74) is 3.58. The van der Waals surface area contributed by atoms with Crippen LogP contribution in [0.4, 0.5) is 0 Å². The first kappa shape index (κ1) is 17.0. The van der Waals surface area contributed by atoms with Crippen LogP contribution in [0.15, 0.2) is 18.2 Å². The van der Waals surface area contributed by atoms with Gasteiger partial charge in [-0.15, -0.1) is 0 Å². The number of rotatable bonds is 4. The van der Waals surface area contributed by atoms with Gasteiger partial charge in [0.2, 0.25) is 11.8 Å². The second-order valence-electron chi connectivity index (χ2n) is 7.50. The van der Waals surface area contributed by atoms with Gasteiger partial charge in [0.1, 0.15) is 0 Å². The highest BCUT2D eigenvalue weighted by Crippen LogP contribution is 2.31. The van der Waals surface area contributed by atoms with E-state index >= 15 is 0 Å². The highest BCUT2D eigenvalue weighted by atomic mass is 16.2. The van der Waals surface area contributed by atoms with E-state index in [4.69, 9.17) is 0 Å². The number of hydrogen-bond acceptors (Lipinski definition) is 2. The average Bonchev–Trinajstić information content (AvgIpc) is 3.41. The molecule has 0 aromatic heterocycles. The van der Waals surface area contributed by atoms with Crippen molar-refractivity contribution in [3.8, 4) is 0 Å². The summed E-state index contributed by atoms with van der Waals surface area (Å²) in [5.74, 6) is 1.21. The van der Waals surface area contributed by atoms with Crippen LogP contribution >= 0.6 is 0 Å². The SMILES string of the molecule is Cc1ccc(C(C)C)cc1CC(=O)N1CCN(C(=O)C2CC2)CC1. The van der Waals surface area contributed by atoms with Gasteiger partial charge in [-0.1, -0.05) is 32.0 Å². The van der Waals surface area contributed by atoms with Crippen molar-refractivity contribution < 1.29 is 9.59 Å². The number of nitrogens with zero attached hydrogens (tertiary/aromatic N) is 2.